The van der Waals surface area contributed by atoms with Crippen molar-refractivity contribution in [3.8, 4) is 0 Å². The molecule has 0 bridgehead atoms. The molecule has 2 rings (SSSR count). The maximum atomic E-state index is 10.9. The Kier molecular flexibility index (Phi) is 1.46. The molecule has 3 heteroatoms. The molecule has 1 amide bonds. The molecular formula is C8H11NO2. The van der Waals surface area contributed by atoms with Crippen molar-refractivity contribution < 1.29 is 9.53 Å². The molecule has 0 radical (unpaired) electrons. The standard InChI is InChI=1S/C8H11NO2/c1-6-3-2-4-9-7(10)5-8(9)11-6/h2-3,6,8H,4-5H2,1H3/t6-,8+/m0/s1. The lowest BCUT2D eigenvalue weighted by Crippen LogP contribution is -2.53. The highest BCUT2D eigenvalue weighted by Gasteiger charge is 2.37. The van der Waals surface area contributed by atoms with Crippen molar-refractivity contribution in [2.24, 2.45) is 0 Å². The van der Waals surface area contributed by atoms with Gasteiger partial charge in [-0.05, 0) is 6.92 Å². The molecule has 11 heavy (non-hydrogen) atoms. The summed E-state index contributed by atoms with van der Waals surface area (Å²) in [4.78, 5) is 12.7. The van der Waals surface area contributed by atoms with Gasteiger partial charge in [-0.3, -0.25) is 4.79 Å². The number of rotatable bonds is 0. The summed E-state index contributed by atoms with van der Waals surface area (Å²) >= 11 is 0. The zero-order valence-corrected chi connectivity index (χ0v) is 6.49. The zero-order valence-electron chi connectivity index (χ0n) is 6.49. The summed E-state index contributed by atoms with van der Waals surface area (Å²) in [5.74, 6) is 0.203. The largest absolute Gasteiger partial charge is 0.351 e. The van der Waals surface area contributed by atoms with Crippen molar-refractivity contribution in [1.29, 1.82) is 0 Å². The zero-order chi connectivity index (χ0) is 7.84. The number of carbonyl (C=O) groups is 1. The van der Waals surface area contributed by atoms with Gasteiger partial charge in [0.2, 0.25) is 5.91 Å². The Bertz CT molecular complexity index is 212. The molecule has 0 aromatic heterocycles. The van der Waals surface area contributed by atoms with E-state index in [0.717, 1.165) is 0 Å². The van der Waals surface area contributed by atoms with E-state index >= 15 is 0 Å². The molecule has 0 aromatic rings. The molecule has 0 saturated carbocycles. The third-order valence-electron chi connectivity index (χ3n) is 2.10. The minimum absolute atomic E-state index is 0.0486. The molecule has 0 unspecified atom stereocenters. The number of fused-ring (bicyclic) bond motifs is 1. The van der Waals surface area contributed by atoms with Crippen LogP contribution in [0.5, 0.6) is 0 Å². The number of β-lactam (4-membered cyclic amide) rings is 1. The van der Waals surface area contributed by atoms with Crippen molar-refractivity contribution in [2.45, 2.75) is 25.7 Å². The molecule has 60 valence electrons. The number of hydrogen-bond acceptors (Lipinski definition) is 2. The summed E-state index contributed by atoms with van der Waals surface area (Å²) < 4.78 is 5.50. The normalized spacial score (nSPS) is 36.1. The molecule has 0 aliphatic carbocycles. The van der Waals surface area contributed by atoms with Crippen LogP contribution in [0.3, 0.4) is 0 Å². The Hall–Kier alpha value is -0.830. The van der Waals surface area contributed by atoms with E-state index < -0.39 is 0 Å². The average molecular weight is 153 g/mol. The second-order valence-corrected chi connectivity index (χ2v) is 2.97. The van der Waals surface area contributed by atoms with Crippen LogP contribution in [-0.4, -0.2) is 29.7 Å². The van der Waals surface area contributed by atoms with Gasteiger partial charge in [-0.15, -0.1) is 0 Å². The predicted molar refractivity (Wildman–Crippen MR) is 39.8 cm³/mol. The van der Waals surface area contributed by atoms with E-state index in [1.807, 2.05) is 19.1 Å². The Morgan fingerprint density at radius 2 is 2.55 bits per heavy atom. The van der Waals surface area contributed by atoms with Gasteiger partial charge in [0.05, 0.1) is 12.5 Å². The minimum atomic E-state index is 0.0486. The van der Waals surface area contributed by atoms with Crippen molar-refractivity contribution in [3.63, 3.8) is 0 Å². The molecule has 1 saturated heterocycles. The van der Waals surface area contributed by atoms with E-state index in [1.165, 1.54) is 0 Å². The highest BCUT2D eigenvalue weighted by atomic mass is 16.5. The van der Waals surface area contributed by atoms with Gasteiger partial charge in [0.1, 0.15) is 6.23 Å². The first-order chi connectivity index (χ1) is 5.27. The summed E-state index contributed by atoms with van der Waals surface area (Å²) in [6.07, 6.45) is 4.74. The lowest BCUT2D eigenvalue weighted by atomic mass is 10.2. The van der Waals surface area contributed by atoms with Crippen LogP contribution in [0.25, 0.3) is 0 Å². The molecule has 0 spiro atoms. The number of hydrogen-bond donors (Lipinski definition) is 0. The Morgan fingerprint density at radius 1 is 1.73 bits per heavy atom. The van der Waals surface area contributed by atoms with Gasteiger partial charge in [-0.2, -0.15) is 0 Å². The first-order valence-electron chi connectivity index (χ1n) is 3.89. The summed E-state index contributed by atoms with van der Waals surface area (Å²) in [6, 6.07) is 0. The number of amides is 1. The van der Waals surface area contributed by atoms with Crippen LogP contribution in [0.2, 0.25) is 0 Å². The molecule has 0 aromatic carbocycles. The van der Waals surface area contributed by atoms with Crippen molar-refractivity contribution in [2.75, 3.05) is 6.54 Å². The number of carbonyl (C=O) groups excluding carboxylic acids is 1. The van der Waals surface area contributed by atoms with Gasteiger partial charge < -0.3 is 9.64 Å². The maximum absolute atomic E-state index is 10.9. The summed E-state index contributed by atoms with van der Waals surface area (Å²) in [5, 5.41) is 0. The number of ether oxygens (including phenoxy) is 1. The third kappa shape index (κ3) is 1.05. The fourth-order valence-corrected chi connectivity index (χ4v) is 1.43. The first-order valence-corrected chi connectivity index (χ1v) is 3.89. The van der Waals surface area contributed by atoms with Crippen LogP contribution >= 0.6 is 0 Å². The molecule has 2 aliphatic heterocycles. The Labute approximate surface area is 65.6 Å². The SMILES string of the molecule is C[C@H]1C=CCN2C(=O)C[C@H]2O1. The molecule has 2 aliphatic rings. The van der Waals surface area contributed by atoms with Crippen LogP contribution in [0.4, 0.5) is 0 Å². The van der Waals surface area contributed by atoms with Crippen LogP contribution in [-0.2, 0) is 9.53 Å². The van der Waals surface area contributed by atoms with Gasteiger partial charge in [-0.1, -0.05) is 12.2 Å². The third-order valence-corrected chi connectivity index (χ3v) is 2.10. The van der Waals surface area contributed by atoms with Crippen LogP contribution in [0.1, 0.15) is 13.3 Å². The highest BCUT2D eigenvalue weighted by Crippen LogP contribution is 2.23. The van der Waals surface area contributed by atoms with Crippen molar-refractivity contribution in [1.82, 2.24) is 4.90 Å². The van der Waals surface area contributed by atoms with E-state index in [2.05, 4.69) is 0 Å². The number of nitrogens with zero attached hydrogens (tertiary/aromatic N) is 1. The molecule has 0 N–H and O–H groups in total. The van der Waals surface area contributed by atoms with Gasteiger partial charge in [0, 0.05) is 6.54 Å². The van der Waals surface area contributed by atoms with Crippen LogP contribution < -0.4 is 0 Å². The topological polar surface area (TPSA) is 29.5 Å². The molecule has 2 atom stereocenters. The fourth-order valence-electron chi connectivity index (χ4n) is 1.43. The monoisotopic (exact) mass is 153 g/mol. The van der Waals surface area contributed by atoms with E-state index in [4.69, 9.17) is 4.74 Å². The highest BCUT2D eigenvalue weighted by molar-refractivity contribution is 5.82. The quantitative estimate of drug-likeness (QED) is 0.375. The maximum Gasteiger partial charge on any atom is 0.229 e. The Balaban J connectivity index is 2.07. The second kappa shape index (κ2) is 2.34. The van der Waals surface area contributed by atoms with Crippen LogP contribution in [0.15, 0.2) is 12.2 Å². The van der Waals surface area contributed by atoms with Gasteiger partial charge in [-0.25, -0.2) is 0 Å². The summed E-state index contributed by atoms with van der Waals surface area (Å²) in [7, 11) is 0. The predicted octanol–water partition coefficient (Wildman–Crippen LogP) is 0.520. The van der Waals surface area contributed by atoms with Crippen LogP contribution in [0, 0.1) is 0 Å². The van der Waals surface area contributed by atoms with E-state index in [1.54, 1.807) is 4.90 Å². The second-order valence-electron chi connectivity index (χ2n) is 2.97. The lowest BCUT2D eigenvalue weighted by Gasteiger charge is -2.38. The molecule has 1 fully saturated rings. The van der Waals surface area contributed by atoms with Crippen molar-refractivity contribution in [3.05, 3.63) is 12.2 Å². The molecule has 3 nitrogen and oxygen atoms in total. The molecular weight excluding hydrogens is 142 g/mol. The average Bonchev–Trinajstić information content (AvgIpc) is 2.09. The van der Waals surface area contributed by atoms with Gasteiger partial charge in [0.25, 0.3) is 0 Å². The fraction of sp³-hybridized carbons (Fsp3) is 0.625. The van der Waals surface area contributed by atoms with Crippen molar-refractivity contribution >= 4 is 5.91 Å². The molecule has 2 heterocycles. The Morgan fingerprint density at radius 3 is 3.27 bits per heavy atom. The first kappa shape index (κ1) is 6.85. The van der Waals surface area contributed by atoms with Gasteiger partial charge in [0.15, 0.2) is 0 Å². The summed E-state index contributed by atoms with van der Waals surface area (Å²) in [6.45, 7) is 2.70. The minimum Gasteiger partial charge on any atom is -0.351 e. The smallest absolute Gasteiger partial charge is 0.229 e. The van der Waals surface area contributed by atoms with Gasteiger partial charge >= 0.3 is 0 Å². The lowest BCUT2D eigenvalue weighted by molar-refractivity contribution is -0.174. The van der Waals surface area contributed by atoms with E-state index in [9.17, 15) is 4.79 Å². The van der Waals surface area contributed by atoms with E-state index in [0.29, 0.717) is 13.0 Å². The van der Waals surface area contributed by atoms with E-state index in [-0.39, 0.29) is 18.2 Å². The summed E-state index contributed by atoms with van der Waals surface area (Å²) in [5.41, 5.74) is 0.